The van der Waals surface area contributed by atoms with Crippen LogP contribution in [0, 0.1) is 0 Å². The van der Waals surface area contributed by atoms with Crippen molar-refractivity contribution >= 4 is 39.8 Å². The number of hydrogen-bond donors (Lipinski definition) is 2. The third-order valence-corrected chi connectivity index (χ3v) is 5.56. The standard InChI is InChI=1S/C20H22N4O3S2/c1-2-26-16-8-10-17(11-9-16)27-13-12-21-18(25)14-28-20-24-23-19(29-20)22-15-6-4-3-5-7-15/h3-11H,2,12-14H2,1H3,(H,21,25)(H,22,23). The molecule has 0 saturated heterocycles. The predicted octanol–water partition coefficient (Wildman–Crippen LogP) is 3.97. The molecule has 152 valence electrons. The Morgan fingerprint density at radius 3 is 2.48 bits per heavy atom. The summed E-state index contributed by atoms with van der Waals surface area (Å²) in [5.74, 6) is 1.76. The normalized spacial score (nSPS) is 10.4. The summed E-state index contributed by atoms with van der Waals surface area (Å²) >= 11 is 2.77. The van der Waals surface area contributed by atoms with E-state index in [0.29, 0.717) is 24.9 Å². The molecule has 1 amide bonds. The number of carbonyl (C=O) groups is 1. The van der Waals surface area contributed by atoms with Gasteiger partial charge in [-0.2, -0.15) is 0 Å². The molecule has 7 nitrogen and oxygen atoms in total. The highest BCUT2D eigenvalue weighted by Crippen LogP contribution is 2.27. The number of anilines is 2. The number of nitrogens with one attached hydrogen (secondary N) is 2. The van der Waals surface area contributed by atoms with E-state index in [0.717, 1.165) is 21.5 Å². The average molecular weight is 431 g/mol. The van der Waals surface area contributed by atoms with Crippen molar-refractivity contribution in [1.29, 1.82) is 0 Å². The Hall–Kier alpha value is -2.78. The molecule has 1 heterocycles. The maximum absolute atomic E-state index is 12.0. The molecule has 0 unspecified atom stereocenters. The number of para-hydroxylation sites is 1. The highest BCUT2D eigenvalue weighted by Gasteiger charge is 2.08. The summed E-state index contributed by atoms with van der Waals surface area (Å²) in [5.41, 5.74) is 0.950. The van der Waals surface area contributed by atoms with Gasteiger partial charge in [-0.25, -0.2) is 0 Å². The minimum absolute atomic E-state index is 0.0712. The summed E-state index contributed by atoms with van der Waals surface area (Å²) in [6.07, 6.45) is 0. The number of rotatable bonds is 11. The Morgan fingerprint density at radius 2 is 1.76 bits per heavy atom. The Kier molecular flexibility index (Phi) is 8.14. The summed E-state index contributed by atoms with van der Waals surface area (Å²) < 4.78 is 11.7. The van der Waals surface area contributed by atoms with E-state index in [-0.39, 0.29) is 11.7 Å². The van der Waals surface area contributed by atoms with Gasteiger partial charge in [0, 0.05) is 5.69 Å². The molecule has 0 fully saturated rings. The van der Waals surface area contributed by atoms with E-state index in [1.807, 2.05) is 61.5 Å². The minimum Gasteiger partial charge on any atom is -0.494 e. The van der Waals surface area contributed by atoms with Crippen molar-refractivity contribution in [3.8, 4) is 11.5 Å². The van der Waals surface area contributed by atoms with Gasteiger partial charge in [0.25, 0.3) is 0 Å². The van der Waals surface area contributed by atoms with Gasteiger partial charge >= 0.3 is 0 Å². The lowest BCUT2D eigenvalue weighted by molar-refractivity contribution is -0.118. The first-order valence-corrected chi connectivity index (χ1v) is 10.9. The van der Waals surface area contributed by atoms with Crippen LogP contribution >= 0.6 is 23.1 Å². The van der Waals surface area contributed by atoms with Crippen molar-refractivity contribution in [2.75, 3.05) is 30.8 Å². The first kappa shape index (κ1) is 20.9. The molecule has 0 aliphatic heterocycles. The average Bonchev–Trinajstić information content (AvgIpc) is 3.19. The largest absolute Gasteiger partial charge is 0.494 e. The number of aromatic nitrogens is 2. The molecule has 2 N–H and O–H groups in total. The summed E-state index contributed by atoms with van der Waals surface area (Å²) in [5, 5.41) is 14.9. The Morgan fingerprint density at radius 1 is 1.03 bits per heavy atom. The topological polar surface area (TPSA) is 85.4 Å². The maximum Gasteiger partial charge on any atom is 0.230 e. The molecule has 2 aromatic carbocycles. The third-order valence-electron chi connectivity index (χ3n) is 3.59. The molecule has 1 aromatic heterocycles. The molecule has 0 atom stereocenters. The molecule has 0 saturated carbocycles. The first-order valence-electron chi connectivity index (χ1n) is 9.13. The second-order valence-corrected chi connectivity index (χ2v) is 7.96. The van der Waals surface area contributed by atoms with Gasteiger partial charge in [-0.15, -0.1) is 10.2 Å². The molecule has 0 radical (unpaired) electrons. The molecular formula is C20H22N4O3S2. The number of hydrogen-bond acceptors (Lipinski definition) is 8. The fraction of sp³-hybridized carbons (Fsp3) is 0.250. The van der Waals surface area contributed by atoms with Crippen LogP contribution in [0.25, 0.3) is 0 Å². The summed E-state index contributed by atoms with van der Waals surface area (Å²) in [6, 6.07) is 17.2. The van der Waals surface area contributed by atoms with Crippen molar-refractivity contribution in [1.82, 2.24) is 15.5 Å². The summed E-state index contributed by atoms with van der Waals surface area (Å²) in [4.78, 5) is 12.0. The molecule has 0 bridgehead atoms. The third kappa shape index (κ3) is 7.28. The van der Waals surface area contributed by atoms with E-state index in [2.05, 4.69) is 20.8 Å². The van der Waals surface area contributed by atoms with E-state index < -0.39 is 0 Å². The number of thioether (sulfide) groups is 1. The minimum atomic E-state index is -0.0712. The van der Waals surface area contributed by atoms with Crippen molar-refractivity contribution < 1.29 is 14.3 Å². The lowest BCUT2D eigenvalue weighted by atomic mass is 10.3. The zero-order valence-corrected chi connectivity index (χ0v) is 17.6. The van der Waals surface area contributed by atoms with Gasteiger partial charge in [0.05, 0.1) is 18.9 Å². The van der Waals surface area contributed by atoms with Crippen LogP contribution in [-0.4, -0.2) is 41.6 Å². The molecule has 29 heavy (non-hydrogen) atoms. The van der Waals surface area contributed by atoms with Crippen LogP contribution in [0.5, 0.6) is 11.5 Å². The van der Waals surface area contributed by atoms with Crippen LogP contribution in [0.4, 0.5) is 10.8 Å². The Bertz CT molecular complexity index is 888. The second-order valence-electron chi connectivity index (χ2n) is 5.76. The van der Waals surface area contributed by atoms with Crippen LogP contribution in [0.3, 0.4) is 0 Å². The van der Waals surface area contributed by atoms with E-state index in [4.69, 9.17) is 9.47 Å². The molecule has 0 spiro atoms. The summed E-state index contributed by atoms with van der Waals surface area (Å²) in [6.45, 7) is 3.40. The second kappa shape index (κ2) is 11.3. The van der Waals surface area contributed by atoms with Crippen LogP contribution < -0.4 is 20.1 Å². The van der Waals surface area contributed by atoms with E-state index >= 15 is 0 Å². The van der Waals surface area contributed by atoms with Gasteiger partial charge in [0.2, 0.25) is 11.0 Å². The van der Waals surface area contributed by atoms with E-state index in [1.54, 1.807) is 0 Å². The zero-order chi connectivity index (χ0) is 20.3. The highest BCUT2D eigenvalue weighted by atomic mass is 32.2. The van der Waals surface area contributed by atoms with Gasteiger partial charge in [-0.3, -0.25) is 4.79 Å². The molecule has 3 rings (SSSR count). The van der Waals surface area contributed by atoms with Gasteiger partial charge in [0.15, 0.2) is 4.34 Å². The van der Waals surface area contributed by atoms with Crippen LogP contribution in [0.15, 0.2) is 58.9 Å². The van der Waals surface area contributed by atoms with Crippen LogP contribution in [0.1, 0.15) is 6.92 Å². The molecule has 0 aliphatic rings. The smallest absolute Gasteiger partial charge is 0.230 e. The number of amides is 1. The van der Waals surface area contributed by atoms with E-state index in [1.165, 1.54) is 23.1 Å². The zero-order valence-electron chi connectivity index (χ0n) is 16.0. The molecule has 9 heteroatoms. The van der Waals surface area contributed by atoms with Crippen molar-refractivity contribution in [3.05, 3.63) is 54.6 Å². The van der Waals surface area contributed by atoms with Crippen LogP contribution in [-0.2, 0) is 4.79 Å². The Balaban J connectivity index is 1.32. The number of nitrogens with zero attached hydrogens (tertiary/aromatic N) is 2. The van der Waals surface area contributed by atoms with Crippen LogP contribution in [0.2, 0.25) is 0 Å². The van der Waals surface area contributed by atoms with Gasteiger partial charge < -0.3 is 20.1 Å². The first-order chi connectivity index (χ1) is 14.2. The predicted molar refractivity (Wildman–Crippen MR) is 116 cm³/mol. The van der Waals surface area contributed by atoms with Gasteiger partial charge in [-0.05, 0) is 43.3 Å². The fourth-order valence-electron chi connectivity index (χ4n) is 2.30. The molecule has 3 aromatic rings. The number of benzene rings is 2. The lowest BCUT2D eigenvalue weighted by Gasteiger charge is -2.08. The maximum atomic E-state index is 12.0. The SMILES string of the molecule is CCOc1ccc(OCCNC(=O)CSc2nnc(Nc3ccccc3)s2)cc1. The van der Waals surface area contributed by atoms with Gasteiger partial charge in [0.1, 0.15) is 18.1 Å². The van der Waals surface area contributed by atoms with Crippen molar-refractivity contribution in [3.63, 3.8) is 0 Å². The Labute approximate surface area is 177 Å². The lowest BCUT2D eigenvalue weighted by Crippen LogP contribution is -2.29. The molecular weight excluding hydrogens is 408 g/mol. The monoisotopic (exact) mass is 430 g/mol. The number of carbonyl (C=O) groups excluding carboxylic acids is 1. The summed E-state index contributed by atoms with van der Waals surface area (Å²) in [7, 11) is 0. The van der Waals surface area contributed by atoms with Gasteiger partial charge in [-0.1, -0.05) is 41.3 Å². The molecule has 0 aliphatic carbocycles. The number of ether oxygens (including phenoxy) is 2. The van der Waals surface area contributed by atoms with E-state index in [9.17, 15) is 4.79 Å². The van der Waals surface area contributed by atoms with Crippen molar-refractivity contribution in [2.24, 2.45) is 0 Å². The van der Waals surface area contributed by atoms with Crippen molar-refractivity contribution in [2.45, 2.75) is 11.3 Å². The highest BCUT2D eigenvalue weighted by molar-refractivity contribution is 8.01. The fourth-order valence-corrected chi connectivity index (χ4v) is 3.90. The quantitative estimate of drug-likeness (QED) is 0.352.